The lowest BCUT2D eigenvalue weighted by atomic mass is 9.66. The molecule has 0 bridgehead atoms. The zero-order valence-corrected chi connectivity index (χ0v) is 19.2. The molecule has 0 aliphatic carbocycles. The Labute approximate surface area is 187 Å². The van der Waals surface area contributed by atoms with Gasteiger partial charge in [-0.15, -0.1) is 0 Å². The molecule has 1 aromatic heterocycles. The van der Waals surface area contributed by atoms with Crippen LogP contribution in [0.15, 0.2) is 36.5 Å². The van der Waals surface area contributed by atoms with Crippen LogP contribution in [0.5, 0.6) is 0 Å². The predicted octanol–water partition coefficient (Wildman–Crippen LogP) is 4.37. The van der Waals surface area contributed by atoms with E-state index in [-0.39, 0.29) is 11.8 Å². The molecule has 2 atom stereocenters. The molecule has 2 heterocycles. The maximum absolute atomic E-state index is 13.4. The maximum Gasteiger partial charge on any atom is 0.245 e. The number of amides is 1. The van der Waals surface area contributed by atoms with Gasteiger partial charge in [-0.2, -0.15) is 0 Å². The Morgan fingerprint density at radius 2 is 1.87 bits per heavy atom. The largest absolute Gasteiger partial charge is 0.384 e. The van der Waals surface area contributed by atoms with Gasteiger partial charge in [-0.05, 0) is 36.1 Å². The number of nitrogens with one attached hydrogen (secondary N) is 1. The highest BCUT2D eigenvalue weighted by atomic mass is 35.5. The number of rotatable bonds is 5. The fraction of sp³-hybridized carbons (Fsp3) is 0.500. The van der Waals surface area contributed by atoms with Gasteiger partial charge in [-0.25, -0.2) is 9.97 Å². The summed E-state index contributed by atoms with van der Waals surface area (Å²) in [7, 11) is 0. The summed E-state index contributed by atoms with van der Waals surface area (Å²) in [6, 6.07) is 8.37. The normalized spacial score (nSPS) is 22.1. The van der Waals surface area contributed by atoms with Crippen molar-refractivity contribution in [3.05, 3.63) is 52.3 Å². The van der Waals surface area contributed by atoms with Crippen molar-refractivity contribution in [3.63, 3.8) is 0 Å². The second-order valence-electron chi connectivity index (χ2n) is 8.83. The van der Waals surface area contributed by atoms with E-state index in [2.05, 4.69) is 15.3 Å². The standard InChI is InChI=1S/C22H28Cl2N4O2/c1-14(2)18(27-20-25-11-9-17(24)26-20)19(29)28-12-10-22(30,21(3,4)13-28)15-5-7-16(23)8-6-15/h5-9,11,14,18,30H,10,12-13H2,1-4H3,(H,25,26,27)/t18-,22+/m1/s1. The number of hydrogen-bond acceptors (Lipinski definition) is 5. The number of halogens is 2. The summed E-state index contributed by atoms with van der Waals surface area (Å²) < 4.78 is 0. The summed E-state index contributed by atoms with van der Waals surface area (Å²) in [5.41, 5.74) is -0.788. The molecule has 1 fully saturated rings. The number of carbonyl (C=O) groups is 1. The zero-order chi connectivity index (χ0) is 22.1. The van der Waals surface area contributed by atoms with Crippen LogP contribution in [0.3, 0.4) is 0 Å². The molecule has 0 radical (unpaired) electrons. The first kappa shape index (κ1) is 22.8. The first-order chi connectivity index (χ1) is 14.0. The molecular formula is C22H28Cl2N4O2. The molecule has 0 unspecified atom stereocenters. The Bertz CT molecular complexity index is 904. The van der Waals surface area contributed by atoms with Gasteiger partial charge in [0.25, 0.3) is 0 Å². The summed E-state index contributed by atoms with van der Waals surface area (Å²) in [6.07, 6.45) is 1.99. The van der Waals surface area contributed by atoms with E-state index in [1.807, 2.05) is 44.7 Å². The molecule has 2 N–H and O–H groups in total. The first-order valence-electron chi connectivity index (χ1n) is 10.1. The van der Waals surface area contributed by atoms with Crippen molar-refractivity contribution >= 4 is 35.1 Å². The monoisotopic (exact) mass is 450 g/mol. The number of aromatic nitrogens is 2. The second kappa shape index (κ2) is 8.69. The predicted molar refractivity (Wildman–Crippen MR) is 120 cm³/mol. The minimum Gasteiger partial charge on any atom is -0.384 e. The lowest BCUT2D eigenvalue weighted by Crippen LogP contribution is -2.59. The quantitative estimate of drug-likeness (QED) is 0.661. The van der Waals surface area contributed by atoms with Crippen LogP contribution in [-0.4, -0.2) is 45.0 Å². The highest BCUT2D eigenvalue weighted by Gasteiger charge is 2.50. The van der Waals surface area contributed by atoms with Gasteiger partial charge in [-0.3, -0.25) is 4.79 Å². The molecular weight excluding hydrogens is 423 g/mol. The lowest BCUT2D eigenvalue weighted by Gasteiger charge is -2.51. The zero-order valence-electron chi connectivity index (χ0n) is 17.7. The number of aliphatic hydroxyl groups is 1. The third-order valence-electron chi connectivity index (χ3n) is 5.92. The van der Waals surface area contributed by atoms with Gasteiger partial charge in [0.1, 0.15) is 11.2 Å². The van der Waals surface area contributed by atoms with Crippen molar-refractivity contribution in [1.29, 1.82) is 0 Å². The third kappa shape index (κ3) is 4.56. The molecule has 3 rings (SSSR count). The minimum absolute atomic E-state index is 0.0141. The molecule has 1 aliphatic rings. The SMILES string of the molecule is CC(C)[C@@H](Nc1nccc(Cl)n1)C(=O)N1CC[C@](O)(c2ccc(Cl)cc2)C(C)(C)C1. The van der Waals surface area contributed by atoms with Crippen LogP contribution in [0, 0.1) is 11.3 Å². The number of likely N-dealkylation sites (tertiary alicyclic amines) is 1. The summed E-state index contributed by atoms with van der Waals surface area (Å²) in [4.78, 5) is 23.5. The van der Waals surface area contributed by atoms with Crippen molar-refractivity contribution in [1.82, 2.24) is 14.9 Å². The van der Waals surface area contributed by atoms with Crippen LogP contribution >= 0.6 is 23.2 Å². The molecule has 1 aliphatic heterocycles. The van der Waals surface area contributed by atoms with Crippen molar-refractivity contribution in [3.8, 4) is 0 Å². The Morgan fingerprint density at radius 3 is 2.43 bits per heavy atom. The molecule has 1 aromatic carbocycles. The summed E-state index contributed by atoms with van der Waals surface area (Å²) in [5, 5.41) is 15.6. The van der Waals surface area contributed by atoms with Crippen molar-refractivity contribution < 1.29 is 9.90 Å². The molecule has 8 heteroatoms. The van der Waals surface area contributed by atoms with E-state index in [0.717, 1.165) is 5.56 Å². The van der Waals surface area contributed by atoms with E-state index in [9.17, 15) is 9.90 Å². The number of hydrogen-bond donors (Lipinski definition) is 2. The minimum atomic E-state index is -1.05. The van der Waals surface area contributed by atoms with Gasteiger partial charge in [0, 0.05) is 29.7 Å². The average Bonchev–Trinajstić information content (AvgIpc) is 2.68. The van der Waals surface area contributed by atoms with Crippen molar-refractivity contribution in [2.75, 3.05) is 18.4 Å². The molecule has 6 nitrogen and oxygen atoms in total. The molecule has 0 saturated carbocycles. The van der Waals surface area contributed by atoms with E-state index >= 15 is 0 Å². The summed E-state index contributed by atoms with van der Waals surface area (Å²) in [5.74, 6) is 0.295. The Hall–Kier alpha value is -1.89. The van der Waals surface area contributed by atoms with Gasteiger partial charge >= 0.3 is 0 Å². The molecule has 2 aromatic rings. The topological polar surface area (TPSA) is 78.4 Å². The molecule has 30 heavy (non-hydrogen) atoms. The van der Waals surface area contributed by atoms with Crippen LogP contribution in [-0.2, 0) is 10.4 Å². The van der Waals surface area contributed by atoms with Gasteiger partial charge in [0.05, 0.1) is 5.60 Å². The summed E-state index contributed by atoms with van der Waals surface area (Å²) in [6.45, 7) is 8.78. The van der Waals surface area contributed by atoms with Gasteiger partial charge in [-0.1, -0.05) is 63.0 Å². The third-order valence-corrected chi connectivity index (χ3v) is 6.38. The van der Waals surface area contributed by atoms with Crippen LogP contribution in [0.1, 0.15) is 39.7 Å². The Balaban J connectivity index is 1.79. The van der Waals surface area contributed by atoms with Crippen LogP contribution < -0.4 is 5.32 Å². The molecule has 1 amide bonds. The van der Waals surface area contributed by atoms with Crippen molar-refractivity contribution in [2.24, 2.45) is 11.3 Å². The van der Waals surface area contributed by atoms with E-state index in [4.69, 9.17) is 23.2 Å². The van der Waals surface area contributed by atoms with Crippen LogP contribution in [0.2, 0.25) is 10.2 Å². The fourth-order valence-corrected chi connectivity index (χ4v) is 4.29. The smallest absolute Gasteiger partial charge is 0.245 e. The number of carbonyl (C=O) groups excluding carboxylic acids is 1. The number of piperidine rings is 1. The first-order valence-corrected chi connectivity index (χ1v) is 10.8. The molecule has 0 spiro atoms. The van der Waals surface area contributed by atoms with Crippen LogP contribution in [0.4, 0.5) is 5.95 Å². The fourth-order valence-electron chi connectivity index (χ4n) is 4.03. The number of benzene rings is 1. The van der Waals surface area contributed by atoms with Crippen molar-refractivity contribution in [2.45, 2.75) is 45.8 Å². The maximum atomic E-state index is 13.4. The number of anilines is 1. The van der Waals surface area contributed by atoms with Crippen LogP contribution in [0.25, 0.3) is 0 Å². The van der Waals surface area contributed by atoms with E-state index < -0.39 is 17.1 Å². The Kier molecular flexibility index (Phi) is 6.60. The van der Waals surface area contributed by atoms with E-state index in [1.54, 1.807) is 24.4 Å². The number of nitrogens with zero attached hydrogens (tertiary/aromatic N) is 3. The van der Waals surface area contributed by atoms with E-state index in [1.165, 1.54) is 0 Å². The molecule has 1 saturated heterocycles. The Morgan fingerprint density at radius 1 is 1.20 bits per heavy atom. The lowest BCUT2D eigenvalue weighted by molar-refractivity contribution is -0.154. The highest BCUT2D eigenvalue weighted by molar-refractivity contribution is 6.30. The van der Waals surface area contributed by atoms with Gasteiger partial charge < -0.3 is 15.3 Å². The van der Waals surface area contributed by atoms with E-state index in [0.29, 0.717) is 35.6 Å². The summed E-state index contributed by atoms with van der Waals surface area (Å²) >= 11 is 12.0. The molecule has 162 valence electrons. The highest BCUT2D eigenvalue weighted by Crippen LogP contribution is 2.46. The second-order valence-corrected chi connectivity index (χ2v) is 9.65. The average molecular weight is 451 g/mol. The van der Waals surface area contributed by atoms with Gasteiger partial charge in [0.2, 0.25) is 11.9 Å². The van der Waals surface area contributed by atoms with Gasteiger partial charge in [0.15, 0.2) is 0 Å².